The Morgan fingerprint density at radius 3 is 2.10 bits per heavy atom. The largest absolute Gasteiger partial charge is 0.454 e. The fraction of sp³-hybridized carbons (Fsp3) is 0. The highest BCUT2D eigenvalue weighted by Gasteiger charge is 2.22. The van der Waals surface area contributed by atoms with Gasteiger partial charge in [0.25, 0.3) is 0 Å². The van der Waals surface area contributed by atoms with Crippen LogP contribution in [0.4, 0.5) is 17.1 Å². The van der Waals surface area contributed by atoms with Gasteiger partial charge in [-0.05, 0) is 82.9 Å². The van der Waals surface area contributed by atoms with Gasteiger partial charge in [0.1, 0.15) is 11.1 Å². The summed E-state index contributed by atoms with van der Waals surface area (Å²) in [6, 6.07) is 55.5. The second-order valence-electron chi connectivity index (χ2n) is 12.7. The standard InChI is InChI=1S/C45H26N2O2S/c1-2-9-29(10-3-1)45-46-37-23-20-28-18-17-27-19-21-30(25-35(27)42(28)44(37)49-45)47(31-22-24-41-36(26-31)33-12-5-7-16-40(33)50-41)38-14-8-13-34-32-11-4-6-15-39(32)48-43(34)38/h1-26H. The van der Waals surface area contributed by atoms with Crippen molar-refractivity contribution in [3.05, 3.63) is 158 Å². The normalized spacial score (nSPS) is 12.0. The van der Waals surface area contributed by atoms with Crippen molar-refractivity contribution >= 4 is 103 Å². The van der Waals surface area contributed by atoms with Crippen molar-refractivity contribution in [2.24, 2.45) is 0 Å². The Kier molecular flexibility index (Phi) is 5.80. The van der Waals surface area contributed by atoms with Crippen LogP contribution in [0.3, 0.4) is 0 Å². The highest BCUT2D eigenvalue weighted by atomic mass is 32.1. The van der Waals surface area contributed by atoms with Gasteiger partial charge < -0.3 is 13.7 Å². The van der Waals surface area contributed by atoms with Crippen molar-refractivity contribution in [2.75, 3.05) is 4.90 Å². The molecule has 0 aliphatic rings. The van der Waals surface area contributed by atoms with E-state index in [0.29, 0.717) is 5.89 Å². The molecule has 0 aliphatic heterocycles. The topological polar surface area (TPSA) is 42.4 Å². The van der Waals surface area contributed by atoms with Crippen LogP contribution in [0.15, 0.2) is 167 Å². The van der Waals surface area contributed by atoms with Gasteiger partial charge in [-0.2, -0.15) is 0 Å². The Balaban J connectivity index is 1.20. The van der Waals surface area contributed by atoms with E-state index >= 15 is 0 Å². The number of benzene rings is 8. The summed E-state index contributed by atoms with van der Waals surface area (Å²) in [7, 11) is 0. The van der Waals surface area contributed by atoms with Crippen LogP contribution in [0, 0.1) is 0 Å². The van der Waals surface area contributed by atoms with Gasteiger partial charge >= 0.3 is 0 Å². The van der Waals surface area contributed by atoms with Gasteiger partial charge in [0.15, 0.2) is 11.2 Å². The van der Waals surface area contributed by atoms with Gasteiger partial charge in [0, 0.05) is 53.3 Å². The molecule has 0 aliphatic carbocycles. The van der Waals surface area contributed by atoms with Gasteiger partial charge in [-0.15, -0.1) is 11.3 Å². The summed E-state index contributed by atoms with van der Waals surface area (Å²) >= 11 is 1.83. The monoisotopic (exact) mass is 658 g/mol. The molecule has 11 rings (SSSR count). The molecule has 3 heterocycles. The molecule has 8 aromatic carbocycles. The molecule has 4 nitrogen and oxygen atoms in total. The van der Waals surface area contributed by atoms with Crippen LogP contribution in [0.25, 0.3) is 86.2 Å². The molecule has 0 bridgehead atoms. The molecule has 234 valence electrons. The Labute approximate surface area is 290 Å². The van der Waals surface area contributed by atoms with E-state index in [1.54, 1.807) is 0 Å². The lowest BCUT2D eigenvalue weighted by Gasteiger charge is -2.26. The maximum Gasteiger partial charge on any atom is 0.227 e. The van der Waals surface area contributed by atoms with Crippen molar-refractivity contribution < 1.29 is 8.83 Å². The van der Waals surface area contributed by atoms with Crippen LogP contribution in [0.1, 0.15) is 0 Å². The second-order valence-corrected chi connectivity index (χ2v) is 13.8. The first-order valence-corrected chi connectivity index (χ1v) is 17.5. The number of nitrogens with zero attached hydrogens (tertiary/aromatic N) is 2. The van der Waals surface area contributed by atoms with Crippen LogP contribution in [-0.4, -0.2) is 4.98 Å². The molecule has 50 heavy (non-hydrogen) atoms. The van der Waals surface area contributed by atoms with Crippen molar-refractivity contribution in [3.63, 3.8) is 0 Å². The van der Waals surface area contributed by atoms with E-state index in [1.807, 2.05) is 53.8 Å². The summed E-state index contributed by atoms with van der Waals surface area (Å²) in [4.78, 5) is 7.25. The second kappa shape index (κ2) is 10.5. The van der Waals surface area contributed by atoms with Crippen LogP contribution in [-0.2, 0) is 0 Å². The van der Waals surface area contributed by atoms with Gasteiger partial charge in [-0.25, -0.2) is 4.98 Å². The van der Waals surface area contributed by atoms with Gasteiger partial charge in [-0.1, -0.05) is 91.0 Å². The lowest BCUT2D eigenvalue weighted by molar-refractivity contribution is 0.623. The first-order chi connectivity index (χ1) is 24.8. The molecule has 0 saturated carbocycles. The molecule has 11 aromatic rings. The third kappa shape index (κ3) is 4.08. The average molecular weight is 659 g/mol. The molecule has 0 unspecified atom stereocenters. The third-order valence-corrected chi connectivity index (χ3v) is 11.0. The maximum atomic E-state index is 6.65. The molecule has 0 atom stereocenters. The van der Waals surface area contributed by atoms with Crippen LogP contribution in [0.5, 0.6) is 0 Å². The maximum absolute atomic E-state index is 6.65. The minimum absolute atomic E-state index is 0.621. The molecular formula is C45H26N2O2S. The SMILES string of the molecule is c1ccc(-c2nc3ccc4ccc5ccc(N(c6ccc7sc8ccccc8c7c6)c6cccc7c6oc6ccccc67)cc5c4c3o2)cc1. The number of fused-ring (bicyclic) bond motifs is 11. The summed E-state index contributed by atoms with van der Waals surface area (Å²) in [6.45, 7) is 0. The minimum atomic E-state index is 0.621. The van der Waals surface area contributed by atoms with Gasteiger partial charge in [0.05, 0.1) is 5.69 Å². The highest BCUT2D eigenvalue weighted by molar-refractivity contribution is 7.25. The lowest BCUT2D eigenvalue weighted by atomic mass is 10.00. The number of hydrogen-bond acceptors (Lipinski definition) is 5. The number of hydrogen-bond donors (Lipinski definition) is 0. The molecule has 0 saturated heterocycles. The Hall–Kier alpha value is -6.43. The van der Waals surface area contributed by atoms with Crippen molar-refractivity contribution in [1.29, 1.82) is 0 Å². The first-order valence-electron chi connectivity index (χ1n) is 16.7. The number of aromatic nitrogens is 1. The zero-order chi connectivity index (χ0) is 32.8. The van der Waals surface area contributed by atoms with E-state index in [0.717, 1.165) is 77.2 Å². The quantitative estimate of drug-likeness (QED) is 0.177. The zero-order valence-electron chi connectivity index (χ0n) is 26.6. The van der Waals surface area contributed by atoms with Gasteiger partial charge in [0.2, 0.25) is 5.89 Å². The number of oxazole rings is 1. The lowest BCUT2D eigenvalue weighted by Crippen LogP contribution is -2.10. The van der Waals surface area contributed by atoms with Crippen LogP contribution in [0.2, 0.25) is 0 Å². The molecule has 0 fully saturated rings. The van der Waals surface area contributed by atoms with E-state index in [1.165, 1.54) is 20.2 Å². The third-order valence-electron chi connectivity index (χ3n) is 9.86. The Morgan fingerprint density at radius 2 is 1.18 bits per heavy atom. The fourth-order valence-electron chi connectivity index (χ4n) is 7.54. The number of thiophene rings is 1. The Bertz CT molecular complexity index is 3120. The zero-order valence-corrected chi connectivity index (χ0v) is 27.4. The molecule has 0 amide bonds. The summed E-state index contributed by atoms with van der Waals surface area (Å²) in [5.41, 5.74) is 7.39. The summed E-state index contributed by atoms with van der Waals surface area (Å²) in [5, 5.41) is 9.10. The number of anilines is 3. The fourth-order valence-corrected chi connectivity index (χ4v) is 8.63. The first kappa shape index (κ1) is 27.5. The van der Waals surface area contributed by atoms with Crippen molar-refractivity contribution in [3.8, 4) is 11.5 Å². The number of furan rings is 1. The summed E-state index contributed by atoms with van der Waals surface area (Å²) in [5.74, 6) is 0.621. The molecular weight excluding hydrogens is 633 g/mol. The van der Waals surface area contributed by atoms with Gasteiger partial charge in [-0.3, -0.25) is 0 Å². The van der Waals surface area contributed by atoms with E-state index in [4.69, 9.17) is 13.8 Å². The molecule has 0 spiro atoms. The summed E-state index contributed by atoms with van der Waals surface area (Å²) in [6.07, 6.45) is 0. The van der Waals surface area contributed by atoms with E-state index < -0.39 is 0 Å². The molecule has 0 radical (unpaired) electrons. The molecule has 0 N–H and O–H groups in total. The van der Waals surface area contributed by atoms with Crippen LogP contribution >= 0.6 is 11.3 Å². The van der Waals surface area contributed by atoms with E-state index in [-0.39, 0.29) is 0 Å². The van der Waals surface area contributed by atoms with Crippen molar-refractivity contribution in [2.45, 2.75) is 0 Å². The predicted molar refractivity (Wildman–Crippen MR) is 209 cm³/mol. The highest BCUT2D eigenvalue weighted by Crippen LogP contribution is 2.46. The van der Waals surface area contributed by atoms with Crippen LogP contribution < -0.4 is 4.90 Å². The van der Waals surface area contributed by atoms with E-state index in [2.05, 4.69) is 120 Å². The Morgan fingerprint density at radius 1 is 0.480 bits per heavy atom. The minimum Gasteiger partial charge on any atom is -0.454 e. The molecule has 5 heteroatoms. The van der Waals surface area contributed by atoms with E-state index in [9.17, 15) is 0 Å². The molecule has 3 aromatic heterocycles. The summed E-state index contributed by atoms with van der Waals surface area (Å²) < 4.78 is 15.8. The predicted octanol–water partition coefficient (Wildman–Crippen LogP) is 13.5. The average Bonchev–Trinajstić information content (AvgIpc) is 3.89. The smallest absolute Gasteiger partial charge is 0.227 e. The number of para-hydroxylation sites is 2. The number of rotatable bonds is 4. The van der Waals surface area contributed by atoms with Crippen molar-refractivity contribution in [1.82, 2.24) is 4.98 Å².